The van der Waals surface area contributed by atoms with Gasteiger partial charge in [-0.25, -0.2) is 0 Å². The highest BCUT2D eigenvalue weighted by atomic mass is 35.5. The van der Waals surface area contributed by atoms with Gasteiger partial charge in [0.25, 0.3) is 0 Å². The Morgan fingerprint density at radius 3 is 1.73 bits per heavy atom. The summed E-state index contributed by atoms with van der Waals surface area (Å²) in [7, 11) is 0. The summed E-state index contributed by atoms with van der Waals surface area (Å²) in [4.78, 5) is 2.27. The fourth-order valence-corrected chi connectivity index (χ4v) is 2.69. The van der Waals surface area contributed by atoms with E-state index in [-0.39, 0.29) is 11.9 Å². The average molecular weight is 318 g/mol. The van der Waals surface area contributed by atoms with Crippen LogP contribution in [0.15, 0.2) is 60.7 Å². The molecule has 0 unspecified atom stereocenters. The molecular formula is C19H24ClNO. The van der Waals surface area contributed by atoms with Crippen LogP contribution < -0.4 is 0 Å². The quantitative estimate of drug-likeness (QED) is 0.778. The van der Waals surface area contributed by atoms with Crippen molar-refractivity contribution in [3.05, 3.63) is 71.8 Å². The molecule has 0 fully saturated rings. The van der Waals surface area contributed by atoms with Gasteiger partial charge < -0.3 is 5.11 Å². The van der Waals surface area contributed by atoms with Gasteiger partial charge in [0.2, 0.25) is 0 Å². The van der Waals surface area contributed by atoms with E-state index in [1.54, 1.807) is 6.92 Å². The second-order valence-electron chi connectivity index (χ2n) is 6.04. The zero-order valence-corrected chi connectivity index (χ0v) is 14.0. The number of rotatable bonds is 7. The molecule has 1 N–H and O–H groups in total. The van der Waals surface area contributed by atoms with E-state index in [9.17, 15) is 5.11 Å². The Kier molecular flexibility index (Phi) is 6.01. The molecule has 22 heavy (non-hydrogen) atoms. The van der Waals surface area contributed by atoms with Crippen LogP contribution in [0.1, 0.15) is 25.0 Å². The molecule has 0 aliphatic carbocycles. The summed E-state index contributed by atoms with van der Waals surface area (Å²) in [5, 5.41) is 10.5. The number of nitrogens with zero attached hydrogens (tertiary/aromatic N) is 1. The highest BCUT2D eigenvalue weighted by Crippen LogP contribution is 2.22. The summed E-state index contributed by atoms with van der Waals surface area (Å²) in [6.07, 6.45) is 0. The summed E-state index contributed by atoms with van der Waals surface area (Å²) in [6, 6.07) is 20.6. The van der Waals surface area contributed by atoms with Crippen LogP contribution in [0.3, 0.4) is 0 Å². The minimum absolute atomic E-state index is 0.0505. The number of hydrogen-bond donors (Lipinski definition) is 1. The highest BCUT2D eigenvalue weighted by Gasteiger charge is 2.32. The van der Waals surface area contributed by atoms with Crippen LogP contribution >= 0.6 is 11.6 Å². The third-order valence-electron chi connectivity index (χ3n) is 4.18. The monoisotopic (exact) mass is 317 g/mol. The SMILES string of the molecule is C[C@H](N(Cc1ccccc1)Cc1ccccc1)[C@@](C)(O)CCl. The molecule has 2 atom stereocenters. The standard InChI is InChI=1S/C19H24ClNO/c1-16(19(2,22)15-20)21(13-17-9-5-3-6-10-17)14-18-11-7-4-8-12-18/h3-12,16,22H,13-15H2,1-2H3/t16-,19-/m0/s1. The van der Waals surface area contributed by atoms with Crippen LogP contribution in [0.2, 0.25) is 0 Å². The Hall–Kier alpha value is -1.35. The molecule has 0 aromatic heterocycles. The van der Waals surface area contributed by atoms with Crippen LogP contribution in [0, 0.1) is 0 Å². The highest BCUT2D eigenvalue weighted by molar-refractivity contribution is 6.18. The lowest BCUT2D eigenvalue weighted by molar-refractivity contribution is -0.0157. The first-order chi connectivity index (χ1) is 10.5. The molecule has 0 aliphatic heterocycles. The van der Waals surface area contributed by atoms with Gasteiger partial charge in [0.15, 0.2) is 0 Å². The maximum absolute atomic E-state index is 10.5. The Morgan fingerprint density at radius 2 is 1.36 bits per heavy atom. The summed E-state index contributed by atoms with van der Waals surface area (Å²) in [5.74, 6) is 0.217. The van der Waals surface area contributed by atoms with Crippen LogP contribution in [0.5, 0.6) is 0 Å². The first kappa shape index (κ1) is 17.0. The Bertz CT molecular complexity index is 515. The van der Waals surface area contributed by atoms with Crippen molar-refractivity contribution >= 4 is 11.6 Å². The van der Waals surface area contributed by atoms with Gasteiger partial charge in [-0.05, 0) is 25.0 Å². The van der Waals surface area contributed by atoms with E-state index in [2.05, 4.69) is 29.2 Å². The van der Waals surface area contributed by atoms with Crippen molar-refractivity contribution in [2.75, 3.05) is 5.88 Å². The molecule has 0 bridgehead atoms. The largest absolute Gasteiger partial charge is 0.387 e. The molecule has 0 radical (unpaired) electrons. The Morgan fingerprint density at radius 1 is 0.955 bits per heavy atom. The summed E-state index contributed by atoms with van der Waals surface area (Å²) in [6.45, 7) is 5.40. The van der Waals surface area contributed by atoms with Crippen LogP contribution in [-0.2, 0) is 13.1 Å². The second kappa shape index (κ2) is 7.77. The van der Waals surface area contributed by atoms with Crippen molar-refractivity contribution in [2.24, 2.45) is 0 Å². The maximum atomic E-state index is 10.5. The van der Waals surface area contributed by atoms with Gasteiger partial charge in [0.05, 0.1) is 11.5 Å². The minimum atomic E-state index is -0.925. The summed E-state index contributed by atoms with van der Waals surface area (Å²) in [5.41, 5.74) is 1.54. The third kappa shape index (κ3) is 4.57. The van der Waals surface area contributed by atoms with E-state index in [1.165, 1.54) is 11.1 Å². The lowest BCUT2D eigenvalue weighted by Gasteiger charge is -2.38. The average Bonchev–Trinajstić information content (AvgIpc) is 2.55. The van der Waals surface area contributed by atoms with Gasteiger partial charge in [-0.1, -0.05) is 60.7 Å². The lowest BCUT2D eigenvalue weighted by Crippen LogP contribution is -2.49. The number of hydrogen-bond acceptors (Lipinski definition) is 2. The van der Waals surface area contributed by atoms with Crippen molar-refractivity contribution in [1.29, 1.82) is 0 Å². The Balaban J connectivity index is 2.20. The Labute approximate surface area is 138 Å². The molecule has 2 rings (SSSR count). The molecule has 2 aromatic carbocycles. The topological polar surface area (TPSA) is 23.5 Å². The molecular weight excluding hydrogens is 294 g/mol. The summed E-state index contributed by atoms with van der Waals surface area (Å²) < 4.78 is 0. The minimum Gasteiger partial charge on any atom is -0.387 e. The van der Waals surface area contributed by atoms with Crippen molar-refractivity contribution in [2.45, 2.75) is 38.6 Å². The molecule has 2 nitrogen and oxygen atoms in total. The predicted molar refractivity (Wildman–Crippen MR) is 92.9 cm³/mol. The van der Waals surface area contributed by atoms with Crippen LogP contribution in [0.25, 0.3) is 0 Å². The van der Waals surface area contributed by atoms with E-state index < -0.39 is 5.60 Å². The van der Waals surface area contributed by atoms with E-state index in [0.29, 0.717) is 0 Å². The van der Waals surface area contributed by atoms with Crippen molar-refractivity contribution in [3.8, 4) is 0 Å². The molecule has 0 spiro atoms. The number of benzene rings is 2. The van der Waals surface area contributed by atoms with Crippen LogP contribution in [0.4, 0.5) is 0 Å². The smallest absolute Gasteiger partial charge is 0.0906 e. The first-order valence-corrected chi connectivity index (χ1v) is 8.16. The molecule has 2 aromatic rings. The van der Waals surface area contributed by atoms with E-state index >= 15 is 0 Å². The zero-order chi connectivity index (χ0) is 16.0. The normalized spacial score (nSPS) is 15.5. The van der Waals surface area contributed by atoms with Gasteiger partial charge in [0.1, 0.15) is 0 Å². The molecule has 0 saturated carbocycles. The zero-order valence-electron chi connectivity index (χ0n) is 13.2. The molecule has 0 aliphatic rings. The van der Waals surface area contributed by atoms with E-state index in [1.807, 2.05) is 43.3 Å². The van der Waals surface area contributed by atoms with Gasteiger partial charge in [-0.2, -0.15) is 0 Å². The van der Waals surface area contributed by atoms with Crippen molar-refractivity contribution in [3.63, 3.8) is 0 Å². The number of alkyl halides is 1. The number of halogens is 1. The third-order valence-corrected chi connectivity index (χ3v) is 4.72. The predicted octanol–water partition coefficient (Wildman–Crippen LogP) is 4.07. The van der Waals surface area contributed by atoms with Gasteiger partial charge in [-0.3, -0.25) is 4.90 Å². The van der Waals surface area contributed by atoms with Crippen molar-refractivity contribution in [1.82, 2.24) is 4.90 Å². The molecule has 0 heterocycles. The fourth-order valence-electron chi connectivity index (χ4n) is 2.47. The van der Waals surface area contributed by atoms with Gasteiger partial charge in [0, 0.05) is 19.1 Å². The van der Waals surface area contributed by atoms with Gasteiger partial charge in [-0.15, -0.1) is 11.6 Å². The molecule has 118 valence electrons. The van der Waals surface area contributed by atoms with E-state index in [4.69, 9.17) is 11.6 Å². The maximum Gasteiger partial charge on any atom is 0.0906 e. The fraction of sp³-hybridized carbons (Fsp3) is 0.368. The second-order valence-corrected chi connectivity index (χ2v) is 6.31. The van der Waals surface area contributed by atoms with E-state index in [0.717, 1.165) is 13.1 Å². The molecule has 3 heteroatoms. The summed E-state index contributed by atoms with van der Waals surface area (Å²) >= 11 is 5.96. The lowest BCUT2D eigenvalue weighted by atomic mass is 9.97. The van der Waals surface area contributed by atoms with Gasteiger partial charge >= 0.3 is 0 Å². The molecule has 0 saturated heterocycles. The number of aliphatic hydroxyl groups is 1. The molecule has 0 amide bonds. The van der Waals surface area contributed by atoms with Crippen molar-refractivity contribution < 1.29 is 5.11 Å². The first-order valence-electron chi connectivity index (χ1n) is 7.63. The van der Waals surface area contributed by atoms with Crippen LogP contribution in [-0.4, -0.2) is 27.5 Å².